The Morgan fingerprint density at radius 3 is 2.21 bits per heavy atom. The van der Waals surface area contributed by atoms with Crippen molar-refractivity contribution < 1.29 is 14.0 Å². The number of hydrogen-bond donors (Lipinski definition) is 1. The SMILES string of the molecule is CCCCCCP(=O)(O)OC(C)(C)C. The number of hydrogen-bond acceptors (Lipinski definition) is 2. The fraction of sp³-hybridized carbons (Fsp3) is 1.00. The second kappa shape index (κ2) is 5.89. The molecule has 0 fully saturated rings. The average molecular weight is 222 g/mol. The third-order valence-corrected chi connectivity index (χ3v) is 3.43. The van der Waals surface area contributed by atoms with E-state index >= 15 is 0 Å². The fourth-order valence-corrected chi connectivity index (χ4v) is 2.78. The molecule has 0 rings (SSSR count). The zero-order chi connectivity index (χ0) is 11.2. The molecule has 0 bridgehead atoms. The maximum absolute atomic E-state index is 11.5. The van der Waals surface area contributed by atoms with Crippen LogP contribution in [-0.2, 0) is 9.09 Å². The van der Waals surface area contributed by atoms with E-state index in [4.69, 9.17) is 4.52 Å². The van der Waals surface area contributed by atoms with E-state index in [-0.39, 0.29) is 6.16 Å². The Bertz CT molecular complexity index is 196. The lowest BCUT2D eigenvalue weighted by molar-refractivity contribution is 0.111. The van der Waals surface area contributed by atoms with Crippen molar-refractivity contribution in [3.05, 3.63) is 0 Å². The van der Waals surface area contributed by atoms with Crippen molar-refractivity contribution in [1.82, 2.24) is 0 Å². The molecule has 0 radical (unpaired) electrons. The van der Waals surface area contributed by atoms with E-state index in [0.717, 1.165) is 25.7 Å². The van der Waals surface area contributed by atoms with Gasteiger partial charge in [-0.25, -0.2) is 0 Å². The lowest BCUT2D eigenvalue weighted by Crippen LogP contribution is -2.18. The molecule has 0 amide bonds. The Morgan fingerprint density at radius 1 is 1.21 bits per heavy atom. The standard InChI is InChI=1S/C10H23O3P/c1-5-6-7-8-9-14(11,12)13-10(2,3)4/h5-9H2,1-4H3,(H,11,12). The minimum atomic E-state index is -3.35. The highest BCUT2D eigenvalue weighted by Gasteiger charge is 2.26. The molecule has 86 valence electrons. The molecule has 0 aliphatic rings. The van der Waals surface area contributed by atoms with Crippen LogP contribution in [0, 0.1) is 0 Å². The minimum Gasteiger partial charge on any atom is -0.324 e. The molecule has 0 saturated heterocycles. The van der Waals surface area contributed by atoms with Crippen molar-refractivity contribution in [2.24, 2.45) is 0 Å². The van der Waals surface area contributed by atoms with Crippen LogP contribution in [0.3, 0.4) is 0 Å². The summed E-state index contributed by atoms with van der Waals surface area (Å²) in [6.07, 6.45) is 4.32. The summed E-state index contributed by atoms with van der Waals surface area (Å²) in [5.74, 6) is 0. The molecule has 14 heavy (non-hydrogen) atoms. The third-order valence-electron chi connectivity index (χ3n) is 1.71. The van der Waals surface area contributed by atoms with Crippen LogP contribution in [0.25, 0.3) is 0 Å². The van der Waals surface area contributed by atoms with Crippen molar-refractivity contribution in [2.75, 3.05) is 6.16 Å². The van der Waals surface area contributed by atoms with Crippen molar-refractivity contribution >= 4 is 7.60 Å². The smallest absolute Gasteiger partial charge is 0.324 e. The monoisotopic (exact) mass is 222 g/mol. The second-order valence-corrected chi connectivity index (χ2v) is 6.53. The lowest BCUT2D eigenvalue weighted by atomic mass is 10.2. The third kappa shape index (κ3) is 8.74. The van der Waals surface area contributed by atoms with Crippen LogP contribution in [0.15, 0.2) is 0 Å². The van der Waals surface area contributed by atoms with Gasteiger partial charge in [0.2, 0.25) is 0 Å². The van der Waals surface area contributed by atoms with Gasteiger partial charge in [-0.3, -0.25) is 4.57 Å². The van der Waals surface area contributed by atoms with Gasteiger partial charge in [0, 0.05) is 0 Å². The topological polar surface area (TPSA) is 46.5 Å². The molecule has 1 unspecified atom stereocenters. The van der Waals surface area contributed by atoms with Crippen molar-refractivity contribution in [3.63, 3.8) is 0 Å². The summed E-state index contributed by atoms with van der Waals surface area (Å²) < 4.78 is 16.6. The largest absolute Gasteiger partial charge is 0.328 e. The molecule has 0 heterocycles. The summed E-state index contributed by atoms with van der Waals surface area (Å²) >= 11 is 0. The van der Waals surface area contributed by atoms with Crippen LogP contribution < -0.4 is 0 Å². The van der Waals surface area contributed by atoms with Gasteiger partial charge in [-0.1, -0.05) is 26.2 Å². The van der Waals surface area contributed by atoms with E-state index in [2.05, 4.69) is 6.92 Å². The van der Waals surface area contributed by atoms with Crippen LogP contribution in [0.5, 0.6) is 0 Å². The van der Waals surface area contributed by atoms with Crippen LogP contribution in [0.4, 0.5) is 0 Å². The van der Waals surface area contributed by atoms with Gasteiger partial charge in [0.05, 0.1) is 11.8 Å². The van der Waals surface area contributed by atoms with Gasteiger partial charge in [0.25, 0.3) is 0 Å². The average Bonchev–Trinajstić information content (AvgIpc) is 1.93. The lowest BCUT2D eigenvalue weighted by Gasteiger charge is -2.23. The van der Waals surface area contributed by atoms with Gasteiger partial charge in [-0.15, -0.1) is 0 Å². The number of rotatable bonds is 6. The van der Waals surface area contributed by atoms with E-state index in [1.54, 1.807) is 20.8 Å². The Morgan fingerprint density at radius 2 is 1.79 bits per heavy atom. The van der Waals surface area contributed by atoms with Crippen LogP contribution in [0.1, 0.15) is 53.4 Å². The van der Waals surface area contributed by atoms with Crippen molar-refractivity contribution in [3.8, 4) is 0 Å². The van der Waals surface area contributed by atoms with Crippen LogP contribution >= 0.6 is 7.60 Å². The molecule has 1 atom stereocenters. The first-order valence-electron chi connectivity index (χ1n) is 5.29. The zero-order valence-electron chi connectivity index (χ0n) is 9.75. The predicted molar refractivity (Wildman–Crippen MR) is 59.7 cm³/mol. The molecule has 0 aromatic rings. The zero-order valence-corrected chi connectivity index (χ0v) is 10.6. The molecular formula is C10H23O3P. The van der Waals surface area contributed by atoms with E-state index < -0.39 is 13.2 Å². The first kappa shape index (κ1) is 14.2. The normalized spacial score (nSPS) is 16.6. The van der Waals surface area contributed by atoms with Gasteiger partial charge < -0.3 is 9.42 Å². The van der Waals surface area contributed by atoms with Gasteiger partial charge in [-0.2, -0.15) is 0 Å². The van der Waals surface area contributed by atoms with Crippen molar-refractivity contribution in [2.45, 2.75) is 59.0 Å². The van der Waals surface area contributed by atoms with Gasteiger partial charge in [0.15, 0.2) is 0 Å². The number of unbranched alkanes of at least 4 members (excludes halogenated alkanes) is 3. The summed E-state index contributed by atoms with van der Waals surface area (Å²) in [5.41, 5.74) is -0.533. The van der Waals surface area contributed by atoms with E-state index in [1.165, 1.54) is 0 Å². The van der Waals surface area contributed by atoms with Gasteiger partial charge >= 0.3 is 7.60 Å². The molecule has 0 aliphatic carbocycles. The molecule has 1 N–H and O–H groups in total. The van der Waals surface area contributed by atoms with E-state index in [1.807, 2.05) is 0 Å². The molecule has 0 spiro atoms. The summed E-state index contributed by atoms with van der Waals surface area (Å²) in [7, 11) is -3.35. The van der Waals surface area contributed by atoms with Crippen LogP contribution in [0.2, 0.25) is 0 Å². The summed E-state index contributed by atoms with van der Waals surface area (Å²) in [5, 5.41) is 0. The molecule has 3 nitrogen and oxygen atoms in total. The molecule has 0 saturated carbocycles. The summed E-state index contributed by atoms with van der Waals surface area (Å²) in [6.45, 7) is 7.50. The van der Waals surface area contributed by atoms with Gasteiger partial charge in [0.1, 0.15) is 0 Å². The highest BCUT2D eigenvalue weighted by atomic mass is 31.2. The van der Waals surface area contributed by atoms with E-state index in [0.29, 0.717) is 0 Å². The second-order valence-electron chi connectivity index (χ2n) is 4.63. The first-order chi connectivity index (χ1) is 6.27. The van der Waals surface area contributed by atoms with Crippen molar-refractivity contribution in [1.29, 1.82) is 0 Å². The maximum Gasteiger partial charge on any atom is 0.328 e. The molecule has 4 heteroatoms. The van der Waals surface area contributed by atoms with E-state index in [9.17, 15) is 9.46 Å². The van der Waals surface area contributed by atoms with Crippen LogP contribution in [-0.4, -0.2) is 16.7 Å². The summed E-state index contributed by atoms with van der Waals surface area (Å²) in [4.78, 5) is 9.48. The maximum atomic E-state index is 11.5. The summed E-state index contributed by atoms with van der Waals surface area (Å²) in [6, 6.07) is 0. The quantitative estimate of drug-likeness (QED) is 0.552. The Kier molecular flexibility index (Phi) is 5.96. The molecule has 0 aromatic heterocycles. The van der Waals surface area contributed by atoms with Gasteiger partial charge in [-0.05, 0) is 27.2 Å². The highest BCUT2D eigenvalue weighted by molar-refractivity contribution is 7.52. The Hall–Kier alpha value is 0.150. The highest BCUT2D eigenvalue weighted by Crippen LogP contribution is 2.46. The fourth-order valence-electron chi connectivity index (χ4n) is 1.21. The molecule has 0 aliphatic heterocycles. The Balaban J connectivity index is 3.79. The predicted octanol–water partition coefficient (Wildman–Crippen LogP) is 3.57. The Labute approximate surface area is 87.4 Å². The molecular weight excluding hydrogens is 199 g/mol. The first-order valence-corrected chi connectivity index (χ1v) is 7.06. The molecule has 0 aromatic carbocycles. The minimum absolute atomic E-state index is 0.282.